The van der Waals surface area contributed by atoms with E-state index in [4.69, 9.17) is 41.6 Å². The minimum Gasteiger partial charge on any atom is -0.467 e. The number of rotatable bonds is 33. The fourth-order valence-corrected chi connectivity index (χ4v) is 14.0. The van der Waals surface area contributed by atoms with E-state index in [0.29, 0.717) is 37.3 Å². The predicted molar refractivity (Wildman–Crippen MR) is 330 cm³/mol. The SMILES string of the molecule is CCCCC(CC)CN(C(CC)CCCC)S(=O)(=O)c1ccccc1/N=N/c1c(C(C)(C)C)nn(-c2nc(OC)nc(-n3nc(C(C)(C)C)c(/N=N/c4ccccc4S(=O)(=O)N(CC(CC)CCCC)C(CC)CCCC)c3N)n2)c1N. The molecular weight excluding hydrogens is 1070 g/mol. The van der Waals surface area contributed by atoms with Crippen LogP contribution in [0.3, 0.4) is 0 Å². The monoisotopic (exact) mass is 1170 g/mol. The van der Waals surface area contributed by atoms with Crippen LogP contribution in [0.5, 0.6) is 6.01 Å². The Kier molecular flexibility index (Phi) is 24.7. The summed E-state index contributed by atoms with van der Waals surface area (Å²) in [6, 6.07) is 12.9. The van der Waals surface area contributed by atoms with Gasteiger partial charge in [-0.05, 0) is 74.6 Å². The number of hydrogen-bond donors (Lipinski definition) is 2. The van der Waals surface area contributed by atoms with E-state index in [1.165, 1.54) is 16.5 Å². The Morgan fingerprint density at radius 3 is 1.20 bits per heavy atom. The van der Waals surface area contributed by atoms with Crippen molar-refractivity contribution in [2.24, 2.45) is 32.3 Å². The van der Waals surface area contributed by atoms with Crippen LogP contribution in [0.4, 0.5) is 34.4 Å². The third-order valence-corrected chi connectivity index (χ3v) is 19.2. The first-order chi connectivity index (χ1) is 38.9. The molecule has 4 atom stereocenters. The average molecular weight is 1170 g/mol. The van der Waals surface area contributed by atoms with Gasteiger partial charge in [-0.25, -0.2) is 16.8 Å². The minimum absolute atomic E-state index is 0.00875. The van der Waals surface area contributed by atoms with Gasteiger partial charge in [0.2, 0.25) is 20.0 Å². The number of anilines is 2. The van der Waals surface area contributed by atoms with Crippen LogP contribution in [-0.4, -0.2) is 92.2 Å². The first-order valence-corrected chi connectivity index (χ1v) is 32.9. The van der Waals surface area contributed by atoms with E-state index in [0.717, 1.165) is 89.9 Å². The number of hydrogen-bond acceptors (Lipinski definition) is 16. The molecule has 5 aromatic rings. The topological polar surface area (TPSA) is 260 Å². The van der Waals surface area contributed by atoms with Gasteiger partial charge in [-0.1, -0.05) is 185 Å². The first-order valence-electron chi connectivity index (χ1n) is 30.1. The fraction of sp³-hybridized carbons (Fsp3) is 0.650. The largest absolute Gasteiger partial charge is 0.467 e. The Morgan fingerprint density at radius 1 is 0.524 bits per heavy atom. The van der Waals surface area contributed by atoms with Gasteiger partial charge in [-0.2, -0.15) is 43.1 Å². The number of azo groups is 2. The van der Waals surface area contributed by atoms with Crippen LogP contribution < -0.4 is 16.2 Å². The summed E-state index contributed by atoms with van der Waals surface area (Å²) in [6.07, 6.45) is 14.4. The van der Waals surface area contributed by atoms with Crippen molar-refractivity contribution in [3.05, 3.63) is 59.9 Å². The number of sulfonamides is 2. The molecule has 0 aliphatic rings. The lowest BCUT2D eigenvalue weighted by Gasteiger charge is -2.33. The van der Waals surface area contributed by atoms with Gasteiger partial charge in [0.25, 0.3) is 11.9 Å². The maximum Gasteiger partial charge on any atom is 0.322 e. The van der Waals surface area contributed by atoms with Gasteiger partial charge in [0.1, 0.15) is 21.2 Å². The van der Waals surface area contributed by atoms with Crippen molar-refractivity contribution in [1.82, 2.24) is 43.1 Å². The van der Waals surface area contributed by atoms with Crippen LogP contribution in [-0.2, 0) is 30.9 Å². The lowest BCUT2D eigenvalue weighted by molar-refractivity contribution is 0.243. The zero-order valence-electron chi connectivity index (χ0n) is 52.0. The molecule has 0 radical (unpaired) electrons. The second-order valence-corrected chi connectivity index (χ2v) is 27.4. The standard InChI is InChI=1S/C60H97N15O5S2/c1-16-24-32-42(20-5)40-72(44(22-7)34-26-18-3)81(76,77)48-38-30-28-36-46(48)66-68-50-52(59(9,10)11)70-74(54(50)61)56-63-57(65-58(64-56)80-15)75-55(62)51(53(71-75)60(12,13)14)69-67-47-37-29-31-39-49(47)82(78,79)73(45(23-8)35-27-19-4)41-43(21-6)33-25-17-2/h28-31,36-39,42-45H,16-27,32-35,40-41,61-62H2,1-15H3/b68-66+,69-67+. The molecule has 3 heterocycles. The van der Waals surface area contributed by atoms with Crippen molar-refractivity contribution < 1.29 is 21.6 Å². The Labute approximate surface area is 490 Å². The normalized spacial score (nSPS) is 14.4. The second kappa shape index (κ2) is 30.2. The molecule has 0 saturated heterocycles. The van der Waals surface area contributed by atoms with Crippen LogP contribution in [0.15, 0.2) is 78.8 Å². The molecule has 0 fully saturated rings. The highest BCUT2D eigenvalue weighted by Gasteiger charge is 2.37. The second-order valence-electron chi connectivity index (χ2n) is 23.6. The van der Waals surface area contributed by atoms with Gasteiger partial charge < -0.3 is 16.2 Å². The van der Waals surface area contributed by atoms with Crippen molar-refractivity contribution in [3.63, 3.8) is 0 Å². The zero-order valence-corrected chi connectivity index (χ0v) is 53.6. The summed E-state index contributed by atoms with van der Waals surface area (Å²) >= 11 is 0. The van der Waals surface area contributed by atoms with Gasteiger partial charge >= 0.3 is 6.01 Å². The van der Waals surface area contributed by atoms with Crippen LogP contribution in [0.1, 0.15) is 211 Å². The molecule has 5 rings (SSSR count). The van der Waals surface area contributed by atoms with E-state index in [1.54, 1.807) is 57.1 Å². The highest BCUT2D eigenvalue weighted by atomic mass is 32.2. The fourth-order valence-electron chi connectivity index (χ4n) is 10.2. The maximum atomic E-state index is 15.0. The molecule has 0 bridgehead atoms. The Balaban J connectivity index is 1.63. The molecule has 20 nitrogen and oxygen atoms in total. The van der Waals surface area contributed by atoms with Crippen molar-refractivity contribution in [1.29, 1.82) is 0 Å². The van der Waals surface area contributed by atoms with E-state index >= 15 is 16.8 Å². The Hall–Kier alpha value is -5.71. The molecule has 2 aromatic carbocycles. The lowest BCUT2D eigenvalue weighted by atomic mass is 9.91. The molecule has 22 heteroatoms. The molecule has 3 aromatic heterocycles. The smallest absolute Gasteiger partial charge is 0.322 e. The lowest BCUT2D eigenvalue weighted by Crippen LogP contribution is -2.43. The number of benzene rings is 2. The van der Waals surface area contributed by atoms with Crippen molar-refractivity contribution in [3.8, 4) is 17.9 Å². The van der Waals surface area contributed by atoms with Crippen molar-refractivity contribution >= 4 is 54.4 Å². The van der Waals surface area contributed by atoms with Crippen molar-refractivity contribution in [2.45, 2.75) is 232 Å². The maximum absolute atomic E-state index is 15.0. The number of nitrogen functional groups attached to an aromatic ring is 2. The van der Waals surface area contributed by atoms with Gasteiger partial charge in [-0.3, -0.25) is 0 Å². The summed E-state index contributed by atoms with van der Waals surface area (Å²) in [5.41, 5.74) is 14.2. The minimum atomic E-state index is -4.06. The molecule has 0 amide bonds. The molecule has 82 heavy (non-hydrogen) atoms. The molecule has 0 spiro atoms. The van der Waals surface area contributed by atoms with Crippen LogP contribution in [0.2, 0.25) is 0 Å². The molecule has 0 aliphatic heterocycles. The van der Waals surface area contributed by atoms with E-state index in [2.05, 4.69) is 75.6 Å². The van der Waals surface area contributed by atoms with Crippen molar-refractivity contribution in [2.75, 3.05) is 31.7 Å². The number of unbranched alkanes of at least 4 members (excludes halogenated alkanes) is 4. The molecule has 0 aliphatic carbocycles. The molecule has 4 N–H and O–H groups in total. The highest BCUT2D eigenvalue weighted by molar-refractivity contribution is 7.89. The van der Waals surface area contributed by atoms with E-state index in [1.807, 2.05) is 41.5 Å². The van der Waals surface area contributed by atoms with Crippen LogP contribution >= 0.6 is 0 Å². The van der Waals surface area contributed by atoms with Gasteiger partial charge in [0.05, 0.1) is 18.5 Å². The number of methoxy groups -OCH3 is 1. The molecule has 4 unspecified atom stereocenters. The Bertz CT molecular complexity index is 2920. The first kappa shape index (κ1) is 67.1. The van der Waals surface area contributed by atoms with Gasteiger partial charge in [0, 0.05) is 36.0 Å². The number of nitrogens with zero attached hydrogens (tertiary/aromatic N) is 13. The summed E-state index contributed by atoms with van der Waals surface area (Å²) in [4.78, 5) is 14.0. The molecule has 454 valence electrons. The third-order valence-electron chi connectivity index (χ3n) is 15.3. The van der Waals surface area contributed by atoms with E-state index in [9.17, 15) is 0 Å². The van der Waals surface area contributed by atoms with E-state index in [-0.39, 0.29) is 86.0 Å². The average Bonchev–Trinajstić information content (AvgIpc) is 3.70. The predicted octanol–water partition coefficient (Wildman–Crippen LogP) is 15.2. The van der Waals surface area contributed by atoms with Gasteiger partial charge in [-0.15, -0.1) is 20.5 Å². The highest BCUT2D eigenvalue weighted by Crippen LogP contribution is 2.42. The van der Waals surface area contributed by atoms with Gasteiger partial charge in [0.15, 0.2) is 23.0 Å². The summed E-state index contributed by atoms with van der Waals surface area (Å²) in [5, 5.41) is 28.5. The molecular formula is C60H97N15O5S2. The van der Waals surface area contributed by atoms with Crippen LogP contribution in [0, 0.1) is 11.8 Å². The summed E-state index contributed by atoms with van der Waals surface area (Å²) < 4.78 is 71.8. The number of nitrogens with two attached hydrogens (primary N) is 2. The zero-order chi connectivity index (χ0) is 60.6. The quantitative estimate of drug-likeness (QED) is 0.0372. The summed E-state index contributed by atoms with van der Waals surface area (Å²) in [6.45, 7) is 29.4. The third kappa shape index (κ3) is 16.3. The number of ether oxygens (including phenoxy) is 1. The summed E-state index contributed by atoms with van der Waals surface area (Å²) in [7, 11) is -6.72. The Morgan fingerprint density at radius 2 is 0.878 bits per heavy atom. The number of aromatic nitrogens is 7. The molecule has 0 saturated carbocycles. The van der Waals surface area contributed by atoms with Crippen LogP contribution in [0.25, 0.3) is 11.9 Å². The van der Waals surface area contributed by atoms with E-state index < -0.39 is 30.9 Å². The summed E-state index contributed by atoms with van der Waals surface area (Å²) in [5.74, 6) is 0.289.